The van der Waals surface area contributed by atoms with Gasteiger partial charge in [-0.05, 0) is 18.6 Å². The van der Waals surface area contributed by atoms with Crippen molar-refractivity contribution in [1.29, 1.82) is 0 Å². The molecule has 1 aliphatic heterocycles. The molecule has 0 aliphatic carbocycles. The van der Waals surface area contributed by atoms with E-state index in [-0.39, 0.29) is 6.61 Å². The number of hydroxylamine groups is 1. The predicted molar refractivity (Wildman–Crippen MR) is 66.5 cm³/mol. The molecule has 0 spiro atoms. The zero-order valence-corrected chi connectivity index (χ0v) is 10.2. The molecule has 0 saturated heterocycles. The van der Waals surface area contributed by atoms with Crippen LogP contribution in [0.2, 0.25) is 0 Å². The third-order valence-electron chi connectivity index (χ3n) is 2.97. The van der Waals surface area contributed by atoms with Crippen molar-refractivity contribution in [2.45, 2.75) is 25.3 Å². The Morgan fingerprint density at radius 1 is 1.50 bits per heavy atom. The minimum absolute atomic E-state index is 0.164. The second-order valence-corrected chi connectivity index (χ2v) is 4.29. The summed E-state index contributed by atoms with van der Waals surface area (Å²) in [6.45, 7) is 2.12. The molecule has 0 radical (unpaired) electrons. The number of rotatable bonds is 4. The normalized spacial score (nSPS) is 22.2. The number of benzene rings is 1. The van der Waals surface area contributed by atoms with Crippen LogP contribution in [0.1, 0.15) is 25.3 Å². The molecule has 0 bridgehead atoms. The van der Waals surface area contributed by atoms with Gasteiger partial charge in [0.1, 0.15) is 6.61 Å². The maximum Gasteiger partial charge on any atom is 0.274 e. The molecule has 5 nitrogen and oxygen atoms in total. The number of aliphatic imine (C=N–C) groups is 1. The molecule has 1 atom stereocenters. The zero-order chi connectivity index (χ0) is 13.0. The van der Waals surface area contributed by atoms with Gasteiger partial charge in [-0.15, -0.1) is 0 Å². The van der Waals surface area contributed by atoms with Crippen molar-refractivity contribution in [1.82, 2.24) is 5.48 Å². The van der Waals surface area contributed by atoms with Gasteiger partial charge in [-0.3, -0.25) is 10.0 Å². The summed E-state index contributed by atoms with van der Waals surface area (Å²) in [6, 6.07) is 9.41. The Labute approximate surface area is 105 Å². The standard InChI is InChI=1S/C13H16N2O3/c1-2-8-13(12(16)15-17)9-18-11(14-13)10-6-4-3-5-7-10/h3-7,17H,2,8-9H2,1H3,(H,15,16). The maximum atomic E-state index is 11.8. The van der Waals surface area contributed by atoms with Crippen LogP contribution in [0.15, 0.2) is 35.3 Å². The van der Waals surface area contributed by atoms with Crippen LogP contribution in [0.25, 0.3) is 0 Å². The van der Waals surface area contributed by atoms with Crippen molar-refractivity contribution in [3.05, 3.63) is 35.9 Å². The van der Waals surface area contributed by atoms with Gasteiger partial charge >= 0.3 is 0 Å². The number of carbonyl (C=O) groups is 1. The molecular weight excluding hydrogens is 232 g/mol. The highest BCUT2D eigenvalue weighted by Gasteiger charge is 2.43. The van der Waals surface area contributed by atoms with Gasteiger partial charge in [0, 0.05) is 5.56 Å². The highest BCUT2D eigenvalue weighted by molar-refractivity contribution is 5.99. The average Bonchev–Trinajstić information content (AvgIpc) is 2.85. The van der Waals surface area contributed by atoms with Gasteiger partial charge in [-0.2, -0.15) is 0 Å². The van der Waals surface area contributed by atoms with E-state index in [2.05, 4.69) is 4.99 Å². The summed E-state index contributed by atoms with van der Waals surface area (Å²) >= 11 is 0. The quantitative estimate of drug-likeness (QED) is 0.626. The molecule has 0 aromatic heterocycles. The van der Waals surface area contributed by atoms with Crippen LogP contribution in [0.4, 0.5) is 0 Å². The third kappa shape index (κ3) is 2.22. The van der Waals surface area contributed by atoms with E-state index in [0.717, 1.165) is 12.0 Å². The number of nitrogens with zero attached hydrogens (tertiary/aromatic N) is 1. The first-order chi connectivity index (χ1) is 8.72. The van der Waals surface area contributed by atoms with Crippen molar-refractivity contribution in [3.8, 4) is 0 Å². The van der Waals surface area contributed by atoms with Crippen LogP contribution in [0.5, 0.6) is 0 Å². The first-order valence-corrected chi connectivity index (χ1v) is 5.94. The van der Waals surface area contributed by atoms with Crippen LogP contribution in [-0.4, -0.2) is 29.2 Å². The molecule has 0 fully saturated rings. The Morgan fingerprint density at radius 3 is 2.83 bits per heavy atom. The molecule has 2 N–H and O–H groups in total. The molecule has 18 heavy (non-hydrogen) atoms. The topological polar surface area (TPSA) is 70.9 Å². The lowest BCUT2D eigenvalue weighted by molar-refractivity contribution is -0.135. The third-order valence-corrected chi connectivity index (χ3v) is 2.97. The smallest absolute Gasteiger partial charge is 0.274 e. The zero-order valence-electron chi connectivity index (χ0n) is 10.2. The van der Waals surface area contributed by atoms with Gasteiger partial charge < -0.3 is 4.74 Å². The van der Waals surface area contributed by atoms with E-state index < -0.39 is 11.4 Å². The minimum Gasteiger partial charge on any atom is -0.474 e. The summed E-state index contributed by atoms with van der Waals surface area (Å²) in [5, 5.41) is 8.82. The first kappa shape index (κ1) is 12.6. The molecule has 1 heterocycles. The van der Waals surface area contributed by atoms with Crippen LogP contribution in [0, 0.1) is 0 Å². The van der Waals surface area contributed by atoms with E-state index in [1.807, 2.05) is 37.3 Å². The van der Waals surface area contributed by atoms with E-state index in [1.165, 1.54) is 0 Å². The van der Waals surface area contributed by atoms with Crippen molar-refractivity contribution < 1.29 is 14.7 Å². The molecule has 2 rings (SSSR count). The Balaban J connectivity index is 2.31. The van der Waals surface area contributed by atoms with Crippen LogP contribution >= 0.6 is 0 Å². The summed E-state index contributed by atoms with van der Waals surface area (Å²) < 4.78 is 5.51. The van der Waals surface area contributed by atoms with Crippen LogP contribution in [-0.2, 0) is 9.53 Å². The second-order valence-electron chi connectivity index (χ2n) is 4.29. The lowest BCUT2D eigenvalue weighted by Gasteiger charge is -2.20. The number of carbonyl (C=O) groups excluding carboxylic acids is 1. The van der Waals surface area contributed by atoms with Crippen molar-refractivity contribution in [3.63, 3.8) is 0 Å². The van der Waals surface area contributed by atoms with Gasteiger partial charge in [-0.1, -0.05) is 31.5 Å². The van der Waals surface area contributed by atoms with Crippen LogP contribution in [0.3, 0.4) is 0 Å². The number of amides is 1. The van der Waals surface area contributed by atoms with Gasteiger partial charge in [-0.25, -0.2) is 10.5 Å². The number of ether oxygens (including phenoxy) is 1. The minimum atomic E-state index is -1.01. The second kappa shape index (κ2) is 5.18. The molecular formula is C13H16N2O3. The molecule has 1 amide bonds. The van der Waals surface area contributed by atoms with E-state index in [0.29, 0.717) is 12.3 Å². The number of hydrogen-bond acceptors (Lipinski definition) is 4. The molecule has 5 heteroatoms. The van der Waals surface area contributed by atoms with E-state index in [1.54, 1.807) is 5.48 Å². The van der Waals surface area contributed by atoms with Crippen molar-refractivity contribution in [2.24, 2.45) is 4.99 Å². The maximum absolute atomic E-state index is 11.8. The number of hydrogen-bond donors (Lipinski definition) is 2. The summed E-state index contributed by atoms with van der Waals surface area (Å²) in [7, 11) is 0. The highest BCUT2D eigenvalue weighted by atomic mass is 16.5. The Morgan fingerprint density at radius 2 is 2.22 bits per heavy atom. The fraction of sp³-hybridized carbons (Fsp3) is 0.385. The molecule has 1 aliphatic rings. The molecule has 0 saturated carbocycles. The highest BCUT2D eigenvalue weighted by Crippen LogP contribution is 2.26. The van der Waals surface area contributed by atoms with E-state index in [9.17, 15) is 4.79 Å². The first-order valence-electron chi connectivity index (χ1n) is 5.94. The molecule has 1 unspecified atom stereocenters. The molecule has 96 valence electrons. The average molecular weight is 248 g/mol. The van der Waals surface area contributed by atoms with Gasteiger partial charge in [0.15, 0.2) is 5.54 Å². The fourth-order valence-corrected chi connectivity index (χ4v) is 2.05. The molecule has 1 aromatic rings. The number of nitrogens with one attached hydrogen (secondary N) is 1. The lowest BCUT2D eigenvalue weighted by Crippen LogP contribution is -2.45. The summed E-state index contributed by atoms with van der Waals surface area (Å²) in [5.41, 5.74) is 1.51. The summed E-state index contributed by atoms with van der Waals surface area (Å²) in [4.78, 5) is 16.1. The predicted octanol–water partition coefficient (Wildman–Crippen LogP) is 1.51. The van der Waals surface area contributed by atoms with Crippen LogP contribution < -0.4 is 5.48 Å². The summed E-state index contributed by atoms with van der Waals surface area (Å²) in [6.07, 6.45) is 1.32. The monoisotopic (exact) mass is 248 g/mol. The van der Waals surface area contributed by atoms with Gasteiger partial charge in [0.2, 0.25) is 5.90 Å². The lowest BCUT2D eigenvalue weighted by atomic mass is 9.95. The summed E-state index contributed by atoms with van der Waals surface area (Å²) in [5.74, 6) is -0.0667. The van der Waals surface area contributed by atoms with E-state index >= 15 is 0 Å². The van der Waals surface area contributed by atoms with Crippen molar-refractivity contribution in [2.75, 3.05) is 6.61 Å². The van der Waals surface area contributed by atoms with Gasteiger partial charge in [0.05, 0.1) is 0 Å². The SMILES string of the molecule is CCCC1(C(=O)NO)COC(c2ccccc2)=N1. The largest absolute Gasteiger partial charge is 0.474 e. The fourth-order valence-electron chi connectivity index (χ4n) is 2.05. The van der Waals surface area contributed by atoms with Crippen molar-refractivity contribution >= 4 is 11.8 Å². The Kier molecular flexibility index (Phi) is 3.62. The van der Waals surface area contributed by atoms with Gasteiger partial charge in [0.25, 0.3) is 5.91 Å². The Bertz CT molecular complexity index is 459. The van der Waals surface area contributed by atoms with E-state index in [4.69, 9.17) is 9.94 Å². The molecule has 1 aromatic carbocycles. The Hall–Kier alpha value is -1.88.